The fraction of sp³-hybridized carbons (Fsp3) is 0.300. The number of phenols is 1. The molecule has 0 saturated heterocycles. The fourth-order valence-electron chi connectivity index (χ4n) is 0.932. The van der Waals surface area contributed by atoms with E-state index in [0.29, 0.717) is 17.1 Å². The van der Waals surface area contributed by atoms with Crippen LogP contribution in [-0.4, -0.2) is 29.1 Å². The highest BCUT2D eigenvalue weighted by Gasteiger charge is 1.98. The Bertz CT molecular complexity index is 337. The molecule has 0 fully saturated rings. The average Bonchev–Trinajstić information content (AvgIpc) is 2.10. The Morgan fingerprint density at radius 3 is 2.93 bits per heavy atom. The summed E-state index contributed by atoms with van der Waals surface area (Å²) in [7, 11) is 0. The third-order valence-electron chi connectivity index (χ3n) is 1.59. The van der Waals surface area contributed by atoms with E-state index in [-0.39, 0.29) is 5.75 Å². The summed E-state index contributed by atoms with van der Waals surface area (Å²) in [5, 5.41) is 18.9. The van der Waals surface area contributed by atoms with E-state index in [4.69, 9.17) is 16.7 Å². The van der Waals surface area contributed by atoms with Crippen molar-refractivity contribution in [1.29, 1.82) is 0 Å². The molecule has 2 N–H and O–H groups in total. The summed E-state index contributed by atoms with van der Waals surface area (Å²) < 4.78 is 0. The number of aliphatic hydroxyl groups is 1. The van der Waals surface area contributed by atoms with Crippen molar-refractivity contribution >= 4 is 17.8 Å². The molecule has 0 unspecified atom stereocenters. The first-order valence-corrected chi connectivity index (χ1v) is 4.64. The average molecular weight is 214 g/mol. The van der Waals surface area contributed by atoms with Crippen LogP contribution in [0.1, 0.15) is 12.5 Å². The van der Waals surface area contributed by atoms with Gasteiger partial charge in [-0.15, -0.1) is 0 Å². The van der Waals surface area contributed by atoms with Gasteiger partial charge in [0.2, 0.25) is 0 Å². The van der Waals surface area contributed by atoms with Crippen LogP contribution in [0, 0.1) is 0 Å². The minimum atomic E-state index is -0.479. The van der Waals surface area contributed by atoms with E-state index in [1.807, 2.05) is 0 Å². The van der Waals surface area contributed by atoms with Crippen molar-refractivity contribution in [2.24, 2.45) is 4.99 Å². The van der Waals surface area contributed by atoms with E-state index in [0.717, 1.165) is 0 Å². The van der Waals surface area contributed by atoms with Crippen LogP contribution >= 0.6 is 11.6 Å². The van der Waals surface area contributed by atoms with Gasteiger partial charge in [0.15, 0.2) is 0 Å². The molecular weight excluding hydrogens is 202 g/mol. The number of aromatic hydroxyl groups is 1. The SMILES string of the molecule is C[C@@H](O)CN=Cc1cc(Cl)ccc1O. The molecule has 14 heavy (non-hydrogen) atoms. The Morgan fingerprint density at radius 1 is 1.57 bits per heavy atom. The zero-order valence-electron chi connectivity index (χ0n) is 7.81. The predicted molar refractivity (Wildman–Crippen MR) is 57.3 cm³/mol. The maximum atomic E-state index is 9.39. The molecule has 0 aliphatic heterocycles. The number of aliphatic hydroxyl groups excluding tert-OH is 1. The summed E-state index contributed by atoms with van der Waals surface area (Å²) in [4.78, 5) is 3.95. The standard InChI is InChI=1S/C10H12ClNO2/c1-7(13)5-12-6-8-4-9(11)2-3-10(8)14/h2-4,6-7,13-14H,5H2,1H3/t7-/m1/s1. The Labute approximate surface area is 87.7 Å². The van der Waals surface area contributed by atoms with E-state index < -0.39 is 6.10 Å². The molecule has 1 rings (SSSR count). The lowest BCUT2D eigenvalue weighted by Crippen LogP contribution is -2.03. The monoisotopic (exact) mass is 213 g/mol. The van der Waals surface area contributed by atoms with Crippen LogP contribution in [0.15, 0.2) is 23.2 Å². The summed E-state index contributed by atoms with van der Waals surface area (Å²) in [6.45, 7) is 1.96. The summed E-state index contributed by atoms with van der Waals surface area (Å²) in [5.41, 5.74) is 0.554. The second-order valence-corrected chi connectivity index (χ2v) is 3.48. The molecule has 0 aliphatic carbocycles. The van der Waals surface area contributed by atoms with Crippen LogP contribution in [0.3, 0.4) is 0 Å². The molecule has 0 bridgehead atoms. The first kappa shape index (κ1) is 11.0. The zero-order valence-corrected chi connectivity index (χ0v) is 8.57. The molecule has 0 radical (unpaired) electrons. The van der Waals surface area contributed by atoms with Gasteiger partial charge in [-0.2, -0.15) is 0 Å². The minimum absolute atomic E-state index is 0.128. The van der Waals surface area contributed by atoms with Gasteiger partial charge in [0.1, 0.15) is 5.75 Å². The summed E-state index contributed by atoms with van der Waals surface area (Å²) in [6.07, 6.45) is 1.01. The third-order valence-corrected chi connectivity index (χ3v) is 1.82. The van der Waals surface area contributed by atoms with Gasteiger partial charge in [0.25, 0.3) is 0 Å². The Kier molecular flexibility index (Phi) is 3.92. The smallest absolute Gasteiger partial charge is 0.124 e. The Morgan fingerprint density at radius 2 is 2.29 bits per heavy atom. The van der Waals surface area contributed by atoms with Gasteiger partial charge in [0.05, 0.1) is 12.6 Å². The van der Waals surface area contributed by atoms with Gasteiger partial charge in [-0.1, -0.05) is 11.6 Å². The third kappa shape index (κ3) is 3.36. The lowest BCUT2D eigenvalue weighted by Gasteiger charge is -2.00. The largest absolute Gasteiger partial charge is 0.507 e. The lowest BCUT2D eigenvalue weighted by atomic mass is 10.2. The highest BCUT2D eigenvalue weighted by molar-refractivity contribution is 6.30. The number of hydrogen-bond donors (Lipinski definition) is 2. The Balaban J connectivity index is 2.75. The van der Waals surface area contributed by atoms with Crippen molar-refractivity contribution in [2.45, 2.75) is 13.0 Å². The van der Waals surface area contributed by atoms with Gasteiger partial charge in [-0.25, -0.2) is 0 Å². The van der Waals surface area contributed by atoms with E-state index in [1.54, 1.807) is 19.1 Å². The van der Waals surface area contributed by atoms with Gasteiger partial charge in [-0.05, 0) is 25.1 Å². The molecule has 1 aromatic carbocycles. The molecular formula is C10H12ClNO2. The number of halogens is 1. The zero-order chi connectivity index (χ0) is 10.6. The molecule has 0 saturated carbocycles. The number of rotatable bonds is 3. The van der Waals surface area contributed by atoms with Gasteiger partial charge in [-0.3, -0.25) is 4.99 Å². The molecule has 0 aliphatic rings. The summed E-state index contributed by atoms with van der Waals surface area (Å²) >= 11 is 5.74. The highest BCUT2D eigenvalue weighted by Crippen LogP contribution is 2.19. The molecule has 0 spiro atoms. The molecule has 76 valence electrons. The maximum absolute atomic E-state index is 9.39. The van der Waals surface area contributed by atoms with Crippen LogP contribution in [0.25, 0.3) is 0 Å². The van der Waals surface area contributed by atoms with E-state index in [2.05, 4.69) is 4.99 Å². The van der Waals surface area contributed by atoms with Crippen LogP contribution < -0.4 is 0 Å². The number of phenolic OH excluding ortho intramolecular Hbond substituents is 1. The van der Waals surface area contributed by atoms with Crippen molar-refractivity contribution in [2.75, 3.05) is 6.54 Å². The summed E-state index contributed by atoms with van der Waals surface area (Å²) in [5.74, 6) is 0.128. The fourth-order valence-corrected chi connectivity index (χ4v) is 1.11. The van der Waals surface area contributed by atoms with Gasteiger partial charge < -0.3 is 10.2 Å². The van der Waals surface area contributed by atoms with E-state index in [1.165, 1.54) is 12.3 Å². The summed E-state index contributed by atoms with van der Waals surface area (Å²) in [6, 6.07) is 4.72. The number of nitrogens with zero attached hydrogens (tertiary/aromatic N) is 1. The first-order valence-electron chi connectivity index (χ1n) is 4.26. The highest BCUT2D eigenvalue weighted by atomic mass is 35.5. The molecule has 0 heterocycles. The lowest BCUT2D eigenvalue weighted by molar-refractivity contribution is 0.204. The van der Waals surface area contributed by atoms with Crippen molar-refractivity contribution in [3.63, 3.8) is 0 Å². The van der Waals surface area contributed by atoms with E-state index in [9.17, 15) is 5.11 Å². The van der Waals surface area contributed by atoms with Gasteiger partial charge >= 0.3 is 0 Å². The van der Waals surface area contributed by atoms with Crippen LogP contribution in [0.5, 0.6) is 5.75 Å². The second kappa shape index (κ2) is 4.98. The van der Waals surface area contributed by atoms with Crippen LogP contribution in [0.4, 0.5) is 0 Å². The van der Waals surface area contributed by atoms with E-state index >= 15 is 0 Å². The number of benzene rings is 1. The normalized spacial score (nSPS) is 13.4. The Hall–Kier alpha value is -1.06. The quantitative estimate of drug-likeness (QED) is 0.753. The molecule has 0 amide bonds. The first-order chi connectivity index (χ1) is 6.59. The van der Waals surface area contributed by atoms with Crippen LogP contribution in [-0.2, 0) is 0 Å². The second-order valence-electron chi connectivity index (χ2n) is 3.05. The topological polar surface area (TPSA) is 52.8 Å². The molecule has 4 heteroatoms. The van der Waals surface area contributed by atoms with Crippen molar-refractivity contribution in [3.8, 4) is 5.75 Å². The maximum Gasteiger partial charge on any atom is 0.124 e. The molecule has 0 aromatic heterocycles. The van der Waals surface area contributed by atoms with Crippen LogP contribution in [0.2, 0.25) is 5.02 Å². The van der Waals surface area contributed by atoms with Crippen molar-refractivity contribution < 1.29 is 10.2 Å². The number of aliphatic imine (C=N–C) groups is 1. The molecule has 1 atom stereocenters. The predicted octanol–water partition coefficient (Wildman–Crippen LogP) is 1.85. The van der Waals surface area contributed by atoms with Crippen molar-refractivity contribution in [3.05, 3.63) is 28.8 Å². The van der Waals surface area contributed by atoms with Gasteiger partial charge in [0, 0.05) is 16.8 Å². The number of hydrogen-bond acceptors (Lipinski definition) is 3. The molecule has 1 aromatic rings. The molecule has 3 nitrogen and oxygen atoms in total. The minimum Gasteiger partial charge on any atom is -0.507 e. The van der Waals surface area contributed by atoms with Crippen molar-refractivity contribution in [1.82, 2.24) is 0 Å².